The molecule has 1 saturated carbocycles. The van der Waals surface area contributed by atoms with E-state index < -0.39 is 0 Å². The lowest BCUT2D eigenvalue weighted by Crippen LogP contribution is -2.38. The molecule has 0 aliphatic heterocycles. The summed E-state index contributed by atoms with van der Waals surface area (Å²) in [6.45, 7) is 2.09. The maximum atomic E-state index is 12.0. The lowest BCUT2D eigenvalue weighted by atomic mass is 9.84. The van der Waals surface area contributed by atoms with Crippen LogP contribution in [-0.2, 0) is 0 Å². The number of amides is 1. The van der Waals surface area contributed by atoms with E-state index in [0.717, 1.165) is 0 Å². The van der Waals surface area contributed by atoms with Crippen LogP contribution in [0.1, 0.15) is 49.4 Å². The van der Waals surface area contributed by atoms with Crippen molar-refractivity contribution in [1.29, 1.82) is 0 Å². The van der Waals surface area contributed by atoms with Crippen LogP contribution in [0.15, 0.2) is 18.3 Å². The Bertz CT molecular complexity index is 399. The number of aromatic nitrogens is 1. The van der Waals surface area contributed by atoms with Crippen molar-refractivity contribution in [3.8, 4) is 0 Å². The molecule has 0 spiro atoms. The third-order valence-corrected chi connectivity index (χ3v) is 3.93. The minimum atomic E-state index is -0.0581. The van der Waals surface area contributed by atoms with Crippen LogP contribution in [-0.4, -0.2) is 16.9 Å². The van der Waals surface area contributed by atoms with Crippen LogP contribution in [0, 0.1) is 5.92 Å². The Hall–Kier alpha value is -1.09. The predicted molar refractivity (Wildman–Crippen MR) is 72.8 cm³/mol. The molecule has 1 aliphatic carbocycles. The SMILES string of the molecule is CC(NC(=O)c1ccc(Cl)nc1)C1CCCCC1. The van der Waals surface area contributed by atoms with E-state index in [0.29, 0.717) is 16.6 Å². The van der Waals surface area contributed by atoms with Gasteiger partial charge in [-0.25, -0.2) is 4.98 Å². The molecule has 1 amide bonds. The Kier molecular flexibility index (Phi) is 4.59. The van der Waals surface area contributed by atoms with E-state index in [9.17, 15) is 4.79 Å². The van der Waals surface area contributed by atoms with Crippen molar-refractivity contribution in [2.75, 3.05) is 0 Å². The van der Waals surface area contributed by atoms with Crippen LogP contribution in [0.2, 0.25) is 5.15 Å². The Morgan fingerprint density at radius 2 is 2.11 bits per heavy atom. The molecule has 1 aliphatic rings. The summed E-state index contributed by atoms with van der Waals surface area (Å²) in [7, 11) is 0. The summed E-state index contributed by atoms with van der Waals surface area (Å²) in [6.07, 6.45) is 7.87. The lowest BCUT2D eigenvalue weighted by molar-refractivity contribution is 0.0919. The van der Waals surface area contributed by atoms with Gasteiger partial charge in [-0.2, -0.15) is 0 Å². The van der Waals surface area contributed by atoms with Gasteiger partial charge in [-0.3, -0.25) is 4.79 Å². The average Bonchev–Trinajstić information content (AvgIpc) is 2.40. The fourth-order valence-electron chi connectivity index (χ4n) is 2.55. The van der Waals surface area contributed by atoms with Gasteiger partial charge >= 0.3 is 0 Å². The van der Waals surface area contributed by atoms with Gasteiger partial charge in [-0.15, -0.1) is 0 Å². The fourth-order valence-corrected chi connectivity index (χ4v) is 2.66. The van der Waals surface area contributed by atoms with Crippen LogP contribution in [0.25, 0.3) is 0 Å². The van der Waals surface area contributed by atoms with E-state index in [2.05, 4.69) is 17.2 Å². The molecule has 4 heteroatoms. The zero-order chi connectivity index (χ0) is 13.0. The molecule has 0 radical (unpaired) electrons. The standard InChI is InChI=1S/C14H19ClN2O/c1-10(11-5-3-2-4-6-11)17-14(18)12-7-8-13(15)16-9-12/h7-11H,2-6H2,1H3,(H,17,18). The number of halogens is 1. The number of pyridine rings is 1. The summed E-state index contributed by atoms with van der Waals surface area (Å²) in [4.78, 5) is 15.9. The number of carbonyl (C=O) groups excluding carboxylic acids is 1. The molecule has 1 heterocycles. The van der Waals surface area contributed by atoms with E-state index in [4.69, 9.17) is 11.6 Å². The van der Waals surface area contributed by atoms with E-state index >= 15 is 0 Å². The number of hydrogen-bond acceptors (Lipinski definition) is 2. The van der Waals surface area contributed by atoms with E-state index in [1.54, 1.807) is 12.1 Å². The predicted octanol–water partition coefficient (Wildman–Crippen LogP) is 3.43. The molecule has 2 rings (SSSR count). The first kappa shape index (κ1) is 13.3. The van der Waals surface area contributed by atoms with Crippen LogP contribution >= 0.6 is 11.6 Å². The molecule has 3 nitrogen and oxygen atoms in total. The van der Waals surface area contributed by atoms with E-state index in [1.165, 1.54) is 38.3 Å². The smallest absolute Gasteiger partial charge is 0.253 e. The lowest BCUT2D eigenvalue weighted by Gasteiger charge is -2.28. The molecule has 0 saturated heterocycles. The maximum absolute atomic E-state index is 12.0. The zero-order valence-electron chi connectivity index (χ0n) is 10.7. The molecule has 1 atom stereocenters. The van der Waals surface area contributed by atoms with Gasteiger partial charge in [-0.1, -0.05) is 30.9 Å². The van der Waals surface area contributed by atoms with Gasteiger partial charge in [0.25, 0.3) is 5.91 Å². The third-order valence-electron chi connectivity index (χ3n) is 3.71. The second-order valence-corrected chi connectivity index (χ2v) is 5.42. The summed E-state index contributed by atoms with van der Waals surface area (Å²) in [5.74, 6) is 0.556. The Morgan fingerprint density at radius 3 is 2.72 bits per heavy atom. The molecule has 1 N–H and O–H groups in total. The topological polar surface area (TPSA) is 42.0 Å². The van der Waals surface area contributed by atoms with Gasteiger partial charge in [0.2, 0.25) is 0 Å². The Labute approximate surface area is 113 Å². The number of nitrogens with zero attached hydrogens (tertiary/aromatic N) is 1. The molecule has 1 fully saturated rings. The largest absolute Gasteiger partial charge is 0.349 e. The van der Waals surface area contributed by atoms with Crippen LogP contribution in [0.3, 0.4) is 0 Å². The molecular weight excluding hydrogens is 248 g/mol. The molecule has 0 bridgehead atoms. The minimum absolute atomic E-state index is 0.0581. The van der Waals surface area contributed by atoms with Gasteiger partial charge in [0, 0.05) is 12.2 Å². The summed E-state index contributed by atoms with van der Waals surface area (Å²) in [5.41, 5.74) is 0.571. The monoisotopic (exact) mass is 266 g/mol. The molecule has 18 heavy (non-hydrogen) atoms. The maximum Gasteiger partial charge on any atom is 0.253 e. The van der Waals surface area contributed by atoms with Crippen molar-refractivity contribution in [3.05, 3.63) is 29.0 Å². The zero-order valence-corrected chi connectivity index (χ0v) is 11.4. The molecule has 1 unspecified atom stereocenters. The van der Waals surface area contributed by atoms with Crippen LogP contribution in [0.4, 0.5) is 0 Å². The second kappa shape index (κ2) is 6.19. The number of nitrogens with one attached hydrogen (secondary N) is 1. The molecule has 0 aromatic carbocycles. The highest BCUT2D eigenvalue weighted by Gasteiger charge is 2.21. The van der Waals surface area contributed by atoms with Crippen molar-refractivity contribution >= 4 is 17.5 Å². The number of carbonyl (C=O) groups is 1. The summed E-state index contributed by atoms with van der Waals surface area (Å²) in [5, 5.41) is 3.47. The first-order valence-corrected chi connectivity index (χ1v) is 6.97. The van der Waals surface area contributed by atoms with Crippen molar-refractivity contribution < 1.29 is 4.79 Å². The third kappa shape index (κ3) is 3.45. The van der Waals surface area contributed by atoms with E-state index in [1.807, 2.05) is 0 Å². The van der Waals surface area contributed by atoms with E-state index in [-0.39, 0.29) is 11.9 Å². The average molecular weight is 267 g/mol. The van der Waals surface area contributed by atoms with Crippen LogP contribution < -0.4 is 5.32 Å². The molecular formula is C14H19ClN2O. The second-order valence-electron chi connectivity index (χ2n) is 5.03. The quantitative estimate of drug-likeness (QED) is 0.852. The highest BCUT2D eigenvalue weighted by Crippen LogP contribution is 2.26. The van der Waals surface area contributed by atoms with Crippen molar-refractivity contribution in [3.63, 3.8) is 0 Å². The molecule has 1 aromatic heterocycles. The van der Waals surface area contributed by atoms with Gasteiger partial charge in [0.1, 0.15) is 5.15 Å². The van der Waals surface area contributed by atoms with Crippen molar-refractivity contribution in [2.24, 2.45) is 5.92 Å². The van der Waals surface area contributed by atoms with Gasteiger partial charge < -0.3 is 5.32 Å². The highest BCUT2D eigenvalue weighted by molar-refractivity contribution is 6.29. The molecule has 1 aromatic rings. The Balaban J connectivity index is 1.91. The molecule has 98 valence electrons. The highest BCUT2D eigenvalue weighted by atomic mass is 35.5. The first-order valence-electron chi connectivity index (χ1n) is 6.59. The number of hydrogen-bond donors (Lipinski definition) is 1. The van der Waals surface area contributed by atoms with Crippen molar-refractivity contribution in [2.45, 2.75) is 45.1 Å². The summed E-state index contributed by atoms with van der Waals surface area (Å²) in [6, 6.07) is 3.58. The Morgan fingerprint density at radius 1 is 1.39 bits per heavy atom. The van der Waals surface area contributed by atoms with Gasteiger partial charge in [0.05, 0.1) is 5.56 Å². The first-order chi connectivity index (χ1) is 8.66. The fraction of sp³-hybridized carbons (Fsp3) is 0.571. The van der Waals surface area contributed by atoms with Crippen LogP contribution in [0.5, 0.6) is 0 Å². The summed E-state index contributed by atoms with van der Waals surface area (Å²) < 4.78 is 0. The normalized spacial score (nSPS) is 18.3. The minimum Gasteiger partial charge on any atom is -0.349 e. The number of rotatable bonds is 3. The van der Waals surface area contributed by atoms with Gasteiger partial charge in [0.15, 0.2) is 0 Å². The summed E-state index contributed by atoms with van der Waals surface area (Å²) >= 11 is 5.70. The van der Waals surface area contributed by atoms with Crippen molar-refractivity contribution in [1.82, 2.24) is 10.3 Å². The van der Waals surface area contributed by atoms with Gasteiger partial charge in [-0.05, 0) is 37.8 Å².